The van der Waals surface area contributed by atoms with E-state index in [1.165, 1.54) is 11.3 Å². The Labute approximate surface area is 152 Å². The smallest absolute Gasteiger partial charge is 0.268 e. The van der Waals surface area contributed by atoms with Gasteiger partial charge in [-0.3, -0.25) is 14.5 Å². The van der Waals surface area contributed by atoms with Crippen LogP contribution in [0.2, 0.25) is 5.02 Å². The topological polar surface area (TPSA) is 78.1 Å². The van der Waals surface area contributed by atoms with Gasteiger partial charge in [0.25, 0.3) is 5.56 Å². The van der Waals surface area contributed by atoms with Crippen molar-refractivity contribution in [1.82, 2.24) is 20.2 Å². The first-order valence-corrected chi connectivity index (χ1v) is 9.06. The normalized spacial score (nSPS) is 15.5. The fourth-order valence-corrected chi connectivity index (χ4v) is 3.98. The SMILES string of the molecule is O=C1CN(Cc2nc3cc(-c4ccc(Cl)cc4)sc3c(=O)[nH]2)CCN1. The Bertz CT molecular complexity index is 996. The first kappa shape index (κ1) is 16.3. The number of aromatic nitrogens is 2. The average Bonchev–Trinajstić information content (AvgIpc) is 3.00. The van der Waals surface area contributed by atoms with Gasteiger partial charge in [-0.05, 0) is 23.8 Å². The molecule has 2 N–H and O–H groups in total. The predicted molar refractivity (Wildman–Crippen MR) is 99.0 cm³/mol. The third-order valence-electron chi connectivity index (χ3n) is 4.05. The summed E-state index contributed by atoms with van der Waals surface area (Å²) in [6, 6.07) is 9.42. The first-order valence-electron chi connectivity index (χ1n) is 7.86. The number of piperazine rings is 1. The van der Waals surface area contributed by atoms with Crippen LogP contribution in [-0.2, 0) is 11.3 Å². The molecule has 1 aliphatic heterocycles. The van der Waals surface area contributed by atoms with Gasteiger partial charge >= 0.3 is 0 Å². The summed E-state index contributed by atoms with van der Waals surface area (Å²) in [6.07, 6.45) is 0. The third kappa shape index (κ3) is 3.44. The molecule has 25 heavy (non-hydrogen) atoms. The summed E-state index contributed by atoms with van der Waals surface area (Å²) in [5.74, 6) is 0.572. The molecule has 4 rings (SSSR count). The van der Waals surface area contributed by atoms with Crippen molar-refractivity contribution in [2.24, 2.45) is 0 Å². The lowest BCUT2D eigenvalue weighted by Crippen LogP contribution is -2.47. The van der Waals surface area contributed by atoms with Crippen molar-refractivity contribution in [3.8, 4) is 10.4 Å². The molecule has 0 spiro atoms. The molecule has 0 bridgehead atoms. The Morgan fingerprint density at radius 2 is 2.04 bits per heavy atom. The van der Waals surface area contributed by atoms with E-state index >= 15 is 0 Å². The molecule has 0 aliphatic carbocycles. The van der Waals surface area contributed by atoms with Gasteiger partial charge in [-0.1, -0.05) is 23.7 Å². The molecule has 0 unspecified atom stereocenters. The first-order chi connectivity index (χ1) is 12.1. The number of H-pyrrole nitrogens is 1. The Kier molecular flexibility index (Phi) is 4.29. The van der Waals surface area contributed by atoms with E-state index in [1.54, 1.807) is 0 Å². The van der Waals surface area contributed by atoms with Gasteiger partial charge in [0.05, 0.1) is 18.6 Å². The fraction of sp³-hybridized carbons (Fsp3) is 0.235. The standard InChI is InChI=1S/C17H15ClN4O2S/c18-11-3-1-10(2-4-11)13-7-12-16(25-13)17(24)21-14(20-12)8-22-6-5-19-15(23)9-22/h1-4,7H,5-6,8-9H2,(H,19,23)(H,20,21,24). The van der Waals surface area contributed by atoms with Gasteiger partial charge < -0.3 is 10.3 Å². The number of carbonyl (C=O) groups excluding carboxylic acids is 1. The number of amides is 1. The zero-order valence-electron chi connectivity index (χ0n) is 13.2. The molecule has 1 saturated heterocycles. The number of hydrogen-bond acceptors (Lipinski definition) is 5. The minimum absolute atomic E-state index is 0.00441. The molecule has 0 atom stereocenters. The molecule has 3 aromatic rings. The predicted octanol–water partition coefficient (Wildman–Crippen LogP) is 2.24. The van der Waals surface area contributed by atoms with E-state index in [0.717, 1.165) is 17.0 Å². The van der Waals surface area contributed by atoms with E-state index in [9.17, 15) is 9.59 Å². The minimum Gasteiger partial charge on any atom is -0.354 e. The molecule has 3 heterocycles. The van der Waals surface area contributed by atoms with E-state index in [4.69, 9.17) is 11.6 Å². The van der Waals surface area contributed by atoms with Crippen LogP contribution in [0.1, 0.15) is 5.82 Å². The van der Waals surface area contributed by atoms with Crippen LogP contribution in [-0.4, -0.2) is 40.4 Å². The molecule has 1 aromatic carbocycles. The second-order valence-electron chi connectivity index (χ2n) is 5.91. The highest BCUT2D eigenvalue weighted by Crippen LogP contribution is 2.31. The number of carbonyl (C=O) groups is 1. The maximum Gasteiger partial charge on any atom is 0.268 e. The lowest BCUT2D eigenvalue weighted by Gasteiger charge is -2.25. The summed E-state index contributed by atoms with van der Waals surface area (Å²) in [7, 11) is 0. The van der Waals surface area contributed by atoms with Crippen molar-refractivity contribution in [3.63, 3.8) is 0 Å². The molecule has 1 fully saturated rings. The van der Waals surface area contributed by atoms with Crippen LogP contribution >= 0.6 is 22.9 Å². The molecule has 128 valence electrons. The fourth-order valence-electron chi connectivity index (χ4n) is 2.86. The highest BCUT2D eigenvalue weighted by molar-refractivity contribution is 7.22. The molecule has 6 nitrogen and oxygen atoms in total. The van der Waals surface area contributed by atoms with E-state index < -0.39 is 0 Å². The molecule has 1 aliphatic rings. The van der Waals surface area contributed by atoms with Crippen LogP contribution in [0.3, 0.4) is 0 Å². The maximum atomic E-state index is 12.4. The third-order valence-corrected chi connectivity index (χ3v) is 5.48. The van der Waals surface area contributed by atoms with Crippen molar-refractivity contribution in [2.75, 3.05) is 19.6 Å². The molecule has 1 amide bonds. The van der Waals surface area contributed by atoms with Crippen molar-refractivity contribution in [3.05, 3.63) is 51.5 Å². The monoisotopic (exact) mass is 374 g/mol. The number of benzene rings is 1. The van der Waals surface area contributed by atoms with E-state index in [1.807, 2.05) is 35.2 Å². The molecular formula is C17H15ClN4O2S. The number of fused-ring (bicyclic) bond motifs is 1. The van der Waals surface area contributed by atoms with Crippen molar-refractivity contribution >= 4 is 39.1 Å². The molecular weight excluding hydrogens is 360 g/mol. The summed E-state index contributed by atoms with van der Waals surface area (Å²) in [6.45, 7) is 2.13. The van der Waals surface area contributed by atoms with Crippen LogP contribution in [0.25, 0.3) is 20.7 Å². The second-order valence-corrected chi connectivity index (χ2v) is 7.39. The van der Waals surface area contributed by atoms with Gasteiger partial charge in [-0.2, -0.15) is 0 Å². The van der Waals surface area contributed by atoms with E-state index in [2.05, 4.69) is 15.3 Å². The van der Waals surface area contributed by atoms with Gasteiger partial charge in [-0.25, -0.2) is 4.98 Å². The Balaban J connectivity index is 1.66. The zero-order valence-corrected chi connectivity index (χ0v) is 14.8. The maximum absolute atomic E-state index is 12.4. The second kappa shape index (κ2) is 6.59. The number of hydrogen-bond donors (Lipinski definition) is 2. The summed E-state index contributed by atoms with van der Waals surface area (Å²) < 4.78 is 0.602. The number of rotatable bonds is 3. The lowest BCUT2D eigenvalue weighted by atomic mass is 10.2. The van der Waals surface area contributed by atoms with E-state index in [-0.39, 0.29) is 11.5 Å². The number of nitrogens with one attached hydrogen (secondary N) is 2. The number of thiophene rings is 1. The van der Waals surface area contributed by atoms with Crippen LogP contribution in [0.15, 0.2) is 35.1 Å². The van der Waals surface area contributed by atoms with Gasteiger partial charge in [-0.15, -0.1) is 11.3 Å². The minimum atomic E-state index is -0.147. The molecule has 8 heteroatoms. The Morgan fingerprint density at radius 1 is 1.24 bits per heavy atom. The van der Waals surface area contributed by atoms with Crippen LogP contribution in [0, 0.1) is 0 Å². The summed E-state index contributed by atoms with van der Waals surface area (Å²) >= 11 is 7.34. The van der Waals surface area contributed by atoms with Crippen LogP contribution in [0.5, 0.6) is 0 Å². The highest BCUT2D eigenvalue weighted by atomic mass is 35.5. The molecule has 0 saturated carbocycles. The van der Waals surface area contributed by atoms with Crippen molar-refractivity contribution in [2.45, 2.75) is 6.54 Å². The van der Waals surface area contributed by atoms with Gasteiger partial charge in [0, 0.05) is 23.0 Å². The summed E-state index contributed by atoms with van der Waals surface area (Å²) in [5.41, 5.74) is 1.53. The van der Waals surface area contributed by atoms with Gasteiger partial charge in [0.1, 0.15) is 10.5 Å². The van der Waals surface area contributed by atoms with Crippen molar-refractivity contribution in [1.29, 1.82) is 0 Å². The van der Waals surface area contributed by atoms with Gasteiger partial charge in [0.2, 0.25) is 5.91 Å². The van der Waals surface area contributed by atoms with Crippen LogP contribution in [0.4, 0.5) is 0 Å². The van der Waals surface area contributed by atoms with Crippen LogP contribution < -0.4 is 10.9 Å². The Morgan fingerprint density at radius 3 is 2.80 bits per heavy atom. The van der Waals surface area contributed by atoms with Crippen molar-refractivity contribution < 1.29 is 4.79 Å². The quantitative estimate of drug-likeness (QED) is 0.737. The van der Waals surface area contributed by atoms with E-state index in [0.29, 0.717) is 40.7 Å². The number of nitrogens with zero attached hydrogens (tertiary/aromatic N) is 2. The largest absolute Gasteiger partial charge is 0.354 e. The highest BCUT2D eigenvalue weighted by Gasteiger charge is 2.18. The summed E-state index contributed by atoms with van der Waals surface area (Å²) in [4.78, 5) is 34.2. The average molecular weight is 375 g/mol. The molecule has 0 radical (unpaired) electrons. The lowest BCUT2D eigenvalue weighted by molar-refractivity contribution is -0.124. The number of aromatic amines is 1. The summed E-state index contributed by atoms with van der Waals surface area (Å²) in [5, 5.41) is 3.46. The Hall–Kier alpha value is -2.22. The zero-order chi connectivity index (χ0) is 17.4. The number of halogens is 1. The van der Waals surface area contributed by atoms with Gasteiger partial charge in [0.15, 0.2) is 0 Å². The molecule has 2 aromatic heterocycles.